The van der Waals surface area contributed by atoms with Gasteiger partial charge in [-0.2, -0.15) is 0 Å². The quantitative estimate of drug-likeness (QED) is 0.501. The Morgan fingerprint density at radius 2 is 2.04 bits per heavy atom. The van der Waals surface area contributed by atoms with Gasteiger partial charge >= 0.3 is 5.97 Å². The van der Waals surface area contributed by atoms with Crippen LogP contribution < -0.4 is 0 Å². The van der Waals surface area contributed by atoms with Crippen LogP contribution in [-0.2, 0) is 10.5 Å². The Balaban J connectivity index is 1.67. The highest BCUT2D eigenvalue weighted by Gasteiger charge is 2.16. The van der Waals surface area contributed by atoms with Crippen LogP contribution in [0.25, 0.3) is 11.3 Å². The molecule has 2 aromatic heterocycles. The van der Waals surface area contributed by atoms with Gasteiger partial charge in [-0.25, -0.2) is 14.2 Å². The van der Waals surface area contributed by atoms with Crippen molar-refractivity contribution >= 4 is 17.7 Å². The fourth-order valence-electron chi connectivity index (χ4n) is 2.13. The van der Waals surface area contributed by atoms with Gasteiger partial charge in [-0.05, 0) is 37.3 Å². The fourth-order valence-corrected chi connectivity index (χ4v) is 2.82. The Bertz CT molecular complexity index is 854. The zero-order chi connectivity index (χ0) is 17.1. The second kappa shape index (κ2) is 6.92. The van der Waals surface area contributed by atoms with E-state index in [0.29, 0.717) is 33.8 Å². The lowest BCUT2D eigenvalue weighted by Gasteiger charge is -1.96. The van der Waals surface area contributed by atoms with Crippen LogP contribution in [-0.4, -0.2) is 18.1 Å². The second-order valence-corrected chi connectivity index (χ2v) is 5.89. The molecule has 0 saturated carbocycles. The Morgan fingerprint density at radius 3 is 2.75 bits per heavy atom. The molecule has 1 aromatic carbocycles. The lowest BCUT2D eigenvalue weighted by atomic mass is 10.2. The molecule has 5 nitrogen and oxygen atoms in total. The lowest BCUT2D eigenvalue weighted by molar-refractivity contribution is 0.0599. The molecule has 0 aliphatic carbocycles. The SMILES string of the molecule is COC(=O)c1cc(CSc2ncc(-c3ccc(F)cc3)o2)oc1C. The summed E-state index contributed by atoms with van der Waals surface area (Å²) in [6, 6.07) is 7.64. The van der Waals surface area contributed by atoms with Crippen molar-refractivity contribution in [2.24, 2.45) is 0 Å². The highest BCUT2D eigenvalue weighted by atomic mass is 32.2. The zero-order valence-electron chi connectivity index (χ0n) is 13.0. The highest BCUT2D eigenvalue weighted by Crippen LogP contribution is 2.29. The van der Waals surface area contributed by atoms with Crippen LogP contribution in [0.2, 0.25) is 0 Å². The van der Waals surface area contributed by atoms with Crippen molar-refractivity contribution in [2.45, 2.75) is 17.9 Å². The van der Waals surface area contributed by atoms with E-state index in [4.69, 9.17) is 13.6 Å². The molecule has 24 heavy (non-hydrogen) atoms. The maximum absolute atomic E-state index is 12.9. The van der Waals surface area contributed by atoms with Gasteiger partial charge in [-0.15, -0.1) is 0 Å². The summed E-state index contributed by atoms with van der Waals surface area (Å²) >= 11 is 1.34. The van der Waals surface area contributed by atoms with Gasteiger partial charge in [0.15, 0.2) is 5.76 Å². The molecule has 2 heterocycles. The van der Waals surface area contributed by atoms with Gasteiger partial charge in [0, 0.05) is 5.56 Å². The number of furan rings is 1. The number of nitrogens with zero attached hydrogens (tertiary/aromatic N) is 1. The van der Waals surface area contributed by atoms with Gasteiger partial charge in [0.2, 0.25) is 0 Å². The number of rotatable bonds is 5. The number of halogens is 1. The van der Waals surface area contributed by atoms with Crippen molar-refractivity contribution in [1.82, 2.24) is 4.98 Å². The van der Waals surface area contributed by atoms with Gasteiger partial charge in [0.1, 0.15) is 22.9 Å². The molecule has 0 radical (unpaired) electrons. The minimum atomic E-state index is -0.429. The molecule has 3 aromatic rings. The molecular formula is C17H14FNO4S. The molecule has 0 unspecified atom stereocenters. The summed E-state index contributed by atoms with van der Waals surface area (Å²) in [5.41, 5.74) is 1.16. The van der Waals surface area contributed by atoms with Crippen LogP contribution in [0.5, 0.6) is 0 Å². The van der Waals surface area contributed by atoms with Gasteiger partial charge in [-0.3, -0.25) is 0 Å². The van der Waals surface area contributed by atoms with Crippen molar-refractivity contribution in [3.63, 3.8) is 0 Å². The number of benzene rings is 1. The Hall–Kier alpha value is -2.54. The number of carbonyl (C=O) groups is 1. The Labute approximate surface area is 141 Å². The Morgan fingerprint density at radius 1 is 1.29 bits per heavy atom. The highest BCUT2D eigenvalue weighted by molar-refractivity contribution is 7.98. The number of hydrogen-bond donors (Lipinski definition) is 0. The smallest absolute Gasteiger partial charge is 0.341 e. The van der Waals surface area contributed by atoms with Crippen LogP contribution in [0.4, 0.5) is 4.39 Å². The molecular weight excluding hydrogens is 333 g/mol. The predicted molar refractivity (Wildman–Crippen MR) is 86.2 cm³/mol. The van der Waals surface area contributed by atoms with E-state index in [1.54, 1.807) is 31.3 Å². The lowest BCUT2D eigenvalue weighted by Crippen LogP contribution is -2.00. The zero-order valence-corrected chi connectivity index (χ0v) is 13.9. The van der Waals surface area contributed by atoms with E-state index < -0.39 is 5.97 Å². The van der Waals surface area contributed by atoms with Crippen LogP contribution >= 0.6 is 11.8 Å². The summed E-state index contributed by atoms with van der Waals surface area (Å²) in [6.07, 6.45) is 1.59. The molecule has 3 rings (SSSR count). The normalized spacial score (nSPS) is 10.8. The summed E-state index contributed by atoms with van der Waals surface area (Å²) in [5, 5.41) is 0.461. The number of aromatic nitrogens is 1. The maximum atomic E-state index is 12.9. The van der Waals surface area contributed by atoms with Crippen LogP contribution in [0.3, 0.4) is 0 Å². The summed E-state index contributed by atoms with van der Waals surface area (Å²) in [7, 11) is 1.33. The third kappa shape index (κ3) is 3.51. The fraction of sp³-hybridized carbons (Fsp3) is 0.176. The van der Waals surface area contributed by atoms with Gasteiger partial charge in [-0.1, -0.05) is 11.8 Å². The first-order chi connectivity index (χ1) is 11.6. The molecule has 0 aliphatic rings. The number of esters is 1. The molecule has 124 valence electrons. The first-order valence-electron chi connectivity index (χ1n) is 7.09. The summed E-state index contributed by atoms with van der Waals surface area (Å²) < 4.78 is 28.8. The average Bonchev–Trinajstić information content (AvgIpc) is 3.19. The van der Waals surface area contributed by atoms with Gasteiger partial charge in [0.25, 0.3) is 5.22 Å². The number of hydrogen-bond acceptors (Lipinski definition) is 6. The second-order valence-electron chi connectivity index (χ2n) is 4.96. The third-order valence-electron chi connectivity index (χ3n) is 3.33. The number of aryl methyl sites for hydroxylation is 1. The molecule has 0 aliphatic heterocycles. The summed E-state index contributed by atoms with van der Waals surface area (Å²) in [4.78, 5) is 15.7. The third-order valence-corrected chi connectivity index (χ3v) is 4.19. The number of carbonyl (C=O) groups excluding carboxylic acids is 1. The monoisotopic (exact) mass is 347 g/mol. The van der Waals surface area contributed by atoms with E-state index in [0.717, 1.165) is 5.56 Å². The number of thioether (sulfide) groups is 1. The molecule has 7 heteroatoms. The van der Waals surface area contributed by atoms with Crippen molar-refractivity contribution < 1.29 is 22.8 Å². The van der Waals surface area contributed by atoms with Crippen LogP contribution in [0, 0.1) is 12.7 Å². The topological polar surface area (TPSA) is 65.5 Å². The predicted octanol–water partition coefficient (Wildman–Crippen LogP) is 4.46. The Kier molecular flexibility index (Phi) is 4.71. The van der Waals surface area contributed by atoms with E-state index in [1.807, 2.05) is 0 Å². The van der Waals surface area contributed by atoms with Gasteiger partial charge < -0.3 is 13.6 Å². The first kappa shape index (κ1) is 16.3. The summed E-state index contributed by atoms with van der Waals surface area (Å²) in [5.74, 6) is 1.42. The minimum Gasteiger partial charge on any atom is -0.465 e. The van der Waals surface area contributed by atoms with Crippen molar-refractivity contribution in [2.75, 3.05) is 7.11 Å². The van der Waals surface area contributed by atoms with E-state index in [-0.39, 0.29) is 5.82 Å². The van der Waals surface area contributed by atoms with E-state index in [9.17, 15) is 9.18 Å². The molecule has 0 amide bonds. The molecule has 0 fully saturated rings. The van der Waals surface area contributed by atoms with E-state index in [1.165, 1.54) is 31.0 Å². The number of oxazole rings is 1. The first-order valence-corrected chi connectivity index (χ1v) is 8.07. The van der Waals surface area contributed by atoms with Crippen molar-refractivity contribution in [3.05, 3.63) is 59.4 Å². The van der Waals surface area contributed by atoms with Crippen LogP contribution in [0.15, 0.2) is 50.6 Å². The standard InChI is InChI=1S/C17H14FNO4S/c1-10-14(16(20)21-2)7-13(22-10)9-24-17-19-8-15(23-17)11-3-5-12(18)6-4-11/h3-8H,9H2,1-2H3. The van der Waals surface area contributed by atoms with E-state index in [2.05, 4.69) is 4.98 Å². The molecule has 0 saturated heterocycles. The summed E-state index contributed by atoms with van der Waals surface area (Å²) in [6.45, 7) is 1.71. The number of ether oxygens (including phenoxy) is 1. The molecule has 0 spiro atoms. The maximum Gasteiger partial charge on any atom is 0.341 e. The average molecular weight is 347 g/mol. The molecule has 0 bridgehead atoms. The van der Waals surface area contributed by atoms with Crippen LogP contribution in [0.1, 0.15) is 21.9 Å². The van der Waals surface area contributed by atoms with Crippen molar-refractivity contribution in [3.8, 4) is 11.3 Å². The largest absolute Gasteiger partial charge is 0.465 e. The van der Waals surface area contributed by atoms with Gasteiger partial charge in [0.05, 0.1) is 19.1 Å². The molecule has 0 atom stereocenters. The van der Waals surface area contributed by atoms with Crippen molar-refractivity contribution in [1.29, 1.82) is 0 Å². The number of methoxy groups -OCH3 is 1. The van der Waals surface area contributed by atoms with E-state index >= 15 is 0 Å². The molecule has 0 N–H and O–H groups in total. The minimum absolute atomic E-state index is 0.303.